The summed E-state index contributed by atoms with van der Waals surface area (Å²) in [5.41, 5.74) is 0.627. The van der Waals surface area contributed by atoms with Gasteiger partial charge < -0.3 is 18.8 Å². The summed E-state index contributed by atoms with van der Waals surface area (Å²) in [5.74, 6) is 0.643. The fourth-order valence-corrected chi connectivity index (χ4v) is 5.93. The first-order valence-corrected chi connectivity index (χ1v) is 11.5. The minimum absolute atomic E-state index is 0.138. The van der Waals surface area contributed by atoms with Crippen molar-refractivity contribution in [2.45, 2.75) is 17.7 Å². The fraction of sp³-hybridized carbons (Fsp3) is 0.294. The molecule has 1 aliphatic rings. The monoisotopic (exact) mass is 440 g/mol. The zero-order chi connectivity index (χ0) is 19.7. The first kappa shape index (κ1) is 19.0. The summed E-state index contributed by atoms with van der Waals surface area (Å²) < 4.78 is 47.9. The van der Waals surface area contributed by atoms with Crippen LogP contribution in [0.4, 0.5) is 0 Å². The Bertz CT molecular complexity index is 1190. The van der Waals surface area contributed by atoms with Gasteiger partial charge in [-0.15, -0.1) is 15.7 Å². The summed E-state index contributed by atoms with van der Waals surface area (Å²) in [4.78, 5) is 12.3. The molecule has 0 atom stereocenters. The van der Waals surface area contributed by atoms with E-state index >= 15 is 0 Å². The van der Waals surface area contributed by atoms with E-state index in [0.29, 0.717) is 30.2 Å². The van der Waals surface area contributed by atoms with Gasteiger partial charge in [0.2, 0.25) is 4.80 Å². The smallest absolute Gasteiger partial charge is 0.326 e. The minimum Gasteiger partial charge on any atom is -0.486 e. The van der Waals surface area contributed by atoms with Crippen LogP contribution in [0.2, 0.25) is 0 Å². The zero-order valence-corrected chi connectivity index (χ0v) is 17.2. The molecule has 3 heterocycles. The average Bonchev–Trinajstić information content (AvgIpc) is 3.30. The van der Waals surface area contributed by atoms with Crippen LogP contribution in [0.1, 0.15) is 6.92 Å². The summed E-state index contributed by atoms with van der Waals surface area (Å²) in [6, 6.07) is 6.64. The molecular formula is C17H16N2O6S3. The average molecular weight is 441 g/mol. The van der Waals surface area contributed by atoms with Gasteiger partial charge in [0.15, 0.2) is 11.5 Å². The van der Waals surface area contributed by atoms with Crippen molar-refractivity contribution in [3.63, 3.8) is 0 Å². The van der Waals surface area contributed by atoms with E-state index in [0.717, 1.165) is 27.4 Å². The molecule has 0 radical (unpaired) electrons. The number of ether oxygens (including phenoxy) is 3. The number of carbonyl (C=O) groups is 1. The lowest BCUT2D eigenvalue weighted by atomic mass is 10.2. The highest BCUT2D eigenvalue weighted by molar-refractivity contribution is 7.92. The SMILES string of the molecule is CCOC(=O)Cn1c(=NS(=O)(=O)c2cccs2)sc2cc3c(cc21)OCCO3. The first-order valence-electron chi connectivity index (χ1n) is 8.41. The Morgan fingerprint density at radius 1 is 1.29 bits per heavy atom. The predicted octanol–water partition coefficient (Wildman–Crippen LogP) is 2.39. The van der Waals surface area contributed by atoms with Gasteiger partial charge in [-0.2, -0.15) is 8.42 Å². The molecule has 0 spiro atoms. The Labute approximate surface area is 168 Å². The van der Waals surface area contributed by atoms with Crippen molar-refractivity contribution in [1.29, 1.82) is 0 Å². The summed E-state index contributed by atoms with van der Waals surface area (Å²) in [6.07, 6.45) is 0. The van der Waals surface area contributed by atoms with Crippen LogP contribution < -0.4 is 14.3 Å². The lowest BCUT2D eigenvalue weighted by Crippen LogP contribution is -2.23. The zero-order valence-electron chi connectivity index (χ0n) is 14.8. The molecule has 1 aromatic carbocycles. The number of hydrogen-bond acceptors (Lipinski definition) is 8. The van der Waals surface area contributed by atoms with Gasteiger partial charge in [-0.05, 0) is 18.4 Å². The van der Waals surface area contributed by atoms with Crippen molar-refractivity contribution < 1.29 is 27.4 Å². The number of benzene rings is 1. The van der Waals surface area contributed by atoms with Crippen LogP contribution in [0.3, 0.4) is 0 Å². The number of aromatic nitrogens is 1. The van der Waals surface area contributed by atoms with Gasteiger partial charge in [0.25, 0.3) is 10.0 Å². The molecule has 0 bridgehead atoms. The highest BCUT2D eigenvalue weighted by atomic mass is 32.2. The molecule has 2 aromatic heterocycles. The molecule has 3 aromatic rings. The van der Waals surface area contributed by atoms with Gasteiger partial charge in [-0.3, -0.25) is 4.79 Å². The topological polar surface area (TPSA) is 96.2 Å². The van der Waals surface area contributed by atoms with E-state index in [-0.39, 0.29) is 22.2 Å². The van der Waals surface area contributed by atoms with Crippen LogP contribution in [-0.2, 0) is 26.1 Å². The molecule has 11 heteroatoms. The maximum Gasteiger partial charge on any atom is 0.326 e. The summed E-state index contributed by atoms with van der Waals surface area (Å²) in [5, 5.41) is 1.67. The number of thiazole rings is 1. The highest BCUT2D eigenvalue weighted by Crippen LogP contribution is 2.35. The number of carbonyl (C=O) groups excluding carboxylic acids is 1. The second-order valence-electron chi connectivity index (χ2n) is 5.74. The third-order valence-corrected chi connectivity index (χ3v) is 7.68. The first-order chi connectivity index (χ1) is 13.5. The van der Waals surface area contributed by atoms with Crippen molar-refractivity contribution in [1.82, 2.24) is 4.57 Å². The molecule has 0 saturated heterocycles. The quantitative estimate of drug-likeness (QED) is 0.565. The second-order valence-corrected chi connectivity index (χ2v) is 9.53. The highest BCUT2D eigenvalue weighted by Gasteiger charge is 2.20. The predicted molar refractivity (Wildman–Crippen MR) is 105 cm³/mol. The van der Waals surface area contributed by atoms with E-state index in [9.17, 15) is 13.2 Å². The molecule has 0 fully saturated rings. The lowest BCUT2D eigenvalue weighted by molar-refractivity contribution is -0.143. The van der Waals surface area contributed by atoms with Gasteiger partial charge >= 0.3 is 5.97 Å². The van der Waals surface area contributed by atoms with Gasteiger partial charge in [-0.1, -0.05) is 17.4 Å². The molecule has 0 amide bonds. The van der Waals surface area contributed by atoms with Crippen LogP contribution >= 0.6 is 22.7 Å². The van der Waals surface area contributed by atoms with E-state index in [1.807, 2.05) is 0 Å². The van der Waals surface area contributed by atoms with Crippen molar-refractivity contribution >= 4 is 48.9 Å². The molecule has 0 unspecified atom stereocenters. The van der Waals surface area contributed by atoms with Gasteiger partial charge in [0, 0.05) is 12.1 Å². The molecular weight excluding hydrogens is 424 g/mol. The second kappa shape index (κ2) is 7.57. The molecule has 148 valence electrons. The van der Waals surface area contributed by atoms with Crippen molar-refractivity contribution in [3.05, 3.63) is 34.4 Å². The summed E-state index contributed by atoms with van der Waals surface area (Å²) in [7, 11) is -3.89. The maximum absolute atomic E-state index is 12.6. The van der Waals surface area contributed by atoms with Crippen LogP contribution in [0.25, 0.3) is 10.2 Å². The Morgan fingerprint density at radius 2 is 2.04 bits per heavy atom. The standard InChI is InChI=1S/C17H16N2O6S3/c1-2-23-15(20)10-19-11-8-12-13(25-6-5-24-12)9-14(11)27-17(19)18-28(21,22)16-4-3-7-26-16/h3-4,7-9H,2,5-6,10H2,1H3. The molecule has 8 nitrogen and oxygen atoms in total. The third-order valence-electron chi connectivity index (χ3n) is 3.89. The van der Waals surface area contributed by atoms with E-state index in [1.54, 1.807) is 30.5 Å². The van der Waals surface area contributed by atoms with Crippen LogP contribution in [0, 0.1) is 0 Å². The van der Waals surface area contributed by atoms with Crippen molar-refractivity contribution in [2.24, 2.45) is 4.40 Å². The summed E-state index contributed by atoms with van der Waals surface area (Å²) >= 11 is 2.25. The van der Waals surface area contributed by atoms with E-state index in [1.165, 1.54) is 10.6 Å². The largest absolute Gasteiger partial charge is 0.486 e. The van der Waals surface area contributed by atoms with Gasteiger partial charge in [0.05, 0.1) is 16.8 Å². The molecule has 0 aliphatic carbocycles. The Kier molecular flexibility index (Phi) is 5.13. The number of thiophene rings is 1. The number of hydrogen-bond donors (Lipinski definition) is 0. The fourth-order valence-electron chi connectivity index (χ4n) is 2.72. The maximum atomic E-state index is 12.6. The van der Waals surface area contributed by atoms with E-state index in [2.05, 4.69) is 4.40 Å². The molecule has 0 saturated carbocycles. The number of fused-ring (bicyclic) bond motifs is 2. The Hall–Kier alpha value is -2.37. The van der Waals surface area contributed by atoms with Crippen LogP contribution in [0.5, 0.6) is 11.5 Å². The number of esters is 1. The summed E-state index contributed by atoms with van der Waals surface area (Å²) in [6.45, 7) is 2.64. The van der Waals surface area contributed by atoms with Gasteiger partial charge in [-0.25, -0.2) is 0 Å². The van der Waals surface area contributed by atoms with Crippen LogP contribution in [-0.4, -0.2) is 38.8 Å². The third kappa shape index (κ3) is 3.64. The van der Waals surface area contributed by atoms with E-state index < -0.39 is 16.0 Å². The normalized spacial score (nSPS) is 14.4. The Balaban J connectivity index is 1.91. The molecule has 4 rings (SSSR count). The number of nitrogens with zero attached hydrogens (tertiary/aromatic N) is 2. The van der Waals surface area contributed by atoms with Crippen molar-refractivity contribution in [3.8, 4) is 11.5 Å². The van der Waals surface area contributed by atoms with E-state index in [4.69, 9.17) is 14.2 Å². The molecule has 1 aliphatic heterocycles. The Morgan fingerprint density at radius 3 is 2.71 bits per heavy atom. The van der Waals surface area contributed by atoms with Gasteiger partial charge in [0.1, 0.15) is 24.0 Å². The minimum atomic E-state index is -3.89. The molecule has 0 N–H and O–H groups in total. The van der Waals surface area contributed by atoms with Crippen LogP contribution in [0.15, 0.2) is 38.3 Å². The molecule has 28 heavy (non-hydrogen) atoms. The lowest BCUT2D eigenvalue weighted by Gasteiger charge is -2.18. The number of rotatable bonds is 5. The van der Waals surface area contributed by atoms with Crippen molar-refractivity contribution in [2.75, 3.05) is 19.8 Å². The number of sulfonamides is 1.